The summed E-state index contributed by atoms with van der Waals surface area (Å²) in [4.78, 5) is 0. The van der Waals surface area contributed by atoms with Crippen LogP contribution in [-0.4, -0.2) is 23.4 Å². The molecule has 0 fully saturated rings. The molecule has 0 spiro atoms. The van der Waals surface area contributed by atoms with Crippen LogP contribution in [0, 0.1) is 5.92 Å². The topological polar surface area (TPSA) is 46.2 Å². The van der Waals surface area contributed by atoms with Crippen molar-refractivity contribution in [3.05, 3.63) is 11.6 Å². The van der Waals surface area contributed by atoms with Gasteiger partial charge in [0, 0.05) is 6.54 Å². The van der Waals surface area contributed by atoms with Crippen LogP contribution < -0.4 is 5.73 Å². The summed E-state index contributed by atoms with van der Waals surface area (Å²) in [6.45, 7) is 1.21. The summed E-state index contributed by atoms with van der Waals surface area (Å²) >= 11 is 0. The molecule has 0 heterocycles. The minimum atomic E-state index is -4.69. The van der Waals surface area contributed by atoms with Crippen molar-refractivity contribution in [2.24, 2.45) is 11.7 Å². The normalized spacial score (nSPS) is 26.1. The van der Waals surface area contributed by atoms with E-state index in [0.29, 0.717) is 18.8 Å². The van der Waals surface area contributed by atoms with E-state index in [1.807, 2.05) is 6.92 Å². The van der Waals surface area contributed by atoms with Gasteiger partial charge in [-0.25, -0.2) is 0 Å². The first-order valence-electron chi connectivity index (χ1n) is 5.53. The molecule has 0 radical (unpaired) electrons. The maximum absolute atomic E-state index is 12.7. The maximum Gasteiger partial charge on any atom is 0.422 e. The highest BCUT2D eigenvalue weighted by Crippen LogP contribution is 2.40. The van der Waals surface area contributed by atoms with E-state index in [2.05, 4.69) is 0 Å². The fourth-order valence-electron chi connectivity index (χ4n) is 2.06. The third-order valence-corrected chi connectivity index (χ3v) is 3.39. The van der Waals surface area contributed by atoms with Crippen molar-refractivity contribution < 1.29 is 18.3 Å². The number of hydrogen-bond donors (Lipinski definition) is 2. The molecule has 5 heteroatoms. The summed E-state index contributed by atoms with van der Waals surface area (Å²) in [6, 6.07) is 0. The zero-order chi connectivity index (χ0) is 12.4. The van der Waals surface area contributed by atoms with Crippen LogP contribution in [0.15, 0.2) is 11.6 Å². The average Bonchev–Trinajstić information content (AvgIpc) is 2.26. The molecule has 0 aromatic rings. The van der Waals surface area contributed by atoms with Crippen LogP contribution in [0.25, 0.3) is 0 Å². The predicted molar refractivity (Wildman–Crippen MR) is 55.8 cm³/mol. The minimum Gasteiger partial charge on any atom is -0.376 e. The van der Waals surface area contributed by atoms with E-state index >= 15 is 0 Å². The molecule has 3 N–H and O–H groups in total. The van der Waals surface area contributed by atoms with Crippen LogP contribution in [0.5, 0.6) is 0 Å². The standard InChI is InChI=1S/C11H18F3NO/c1-2-8-3-5-9(6-4-8)10(16,7-15)11(12,13)14/h5,8,16H,2-4,6-7,15H2,1H3. The molecule has 0 aromatic heterocycles. The van der Waals surface area contributed by atoms with Gasteiger partial charge in [-0.3, -0.25) is 0 Å². The molecule has 1 aliphatic rings. The van der Waals surface area contributed by atoms with E-state index in [9.17, 15) is 18.3 Å². The van der Waals surface area contributed by atoms with E-state index < -0.39 is 18.3 Å². The second-order valence-corrected chi connectivity index (χ2v) is 4.34. The smallest absolute Gasteiger partial charge is 0.376 e. The summed E-state index contributed by atoms with van der Waals surface area (Å²) in [5.74, 6) is 0.430. The second kappa shape index (κ2) is 4.75. The lowest BCUT2D eigenvalue weighted by Crippen LogP contribution is -2.53. The molecule has 2 atom stereocenters. The van der Waals surface area contributed by atoms with Crippen molar-refractivity contribution in [2.45, 2.75) is 44.4 Å². The fourth-order valence-corrected chi connectivity index (χ4v) is 2.06. The Labute approximate surface area is 93.3 Å². The largest absolute Gasteiger partial charge is 0.422 e. The number of nitrogens with two attached hydrogens (primary N) is 1. The summed E-state index contributed by atoms with van der Waals surface area (Å²) < 4.78 is 38.1. The predicted octanol–water partition coefficient (Wildman–Crippen LogP) is 2.38. The number of rotatable bonds is 3. The van der Waals surface area contributed by atoms with Gasteiger partial charge in [0.2, 0.25) is 0 Å². The molecule has 0 aromatic carbocycles. The number of halogens is 3. The van der Waals surface area contributed by atoms with E-state index in [4.69, 9.17) is 5.73 Å². The molecule has 1 aliphatic carbocycles. The van der Waals surface area contributed by atoms with Gasteiger partial charge in [0.25, 0.3) is 0 Å². The van der Waals surface area contributed by atoms with E-state index in [-0.39, 0.29) is 12.0 Å². The lowest BCUT2D eigenvalue weighted by molar-refractivity contribution is -0.241. The molecule has 0 bridgehead atoms. The maximum atomic E-state index is 12.7. The lowest BCUT2D eigenvalue weighted by atomic mass is 9.80. The molecule has 2 unspecified atom stereocenters. The molecule has 0 saturated heterocycles. The summed E-state index contributed by atoms with van der Waals surface area (Å²) in [7, 11) is 0. The molecular formula is C11H18F3NO. The minimum absolute atomic E-state index is 0.0344. The monoisotopic (exact) mass is 237 g/mol. The van der Waals surface area contributed by atoms with Crippen molar-refractivity contribution in [2.75, 3.05) is 6.54 Å². The van der Waals surface area contributed by atoms with Gasteiger partial charge in [-0.1, -0.05) is 19.4 Å². The van der Waals surface area contributed by atoms with Crippen molar-refractivity contribution in [3.8, 4) is 0 Å². The Morgan fingerprint density at radius 2 is 2.12 bits per heavy atom. The third kappa shape index (κ3) is 2.40. The molecule has 2 nitrogen and oxygen atoms in total. The van der Waals surface area contributed by atoms with Crippen LogP contribution in [0.4, 0.5) is 13.2 Å². The highest BCUT2D eigenvalue weighted by Gasteiger charge is 2.55. The highest BCUT2D eigenvalue weighted by atomic mass is 19.4. The van der Waals surface area contributed by atoms with Gasteiger partial charge in [-0.15, -0.1) is 0 Å². The van der Waals surface area contributed by atoms with Gasteiger partial charge < -0.3 is 10.8 Å². The molecule has 0 amide bonds. The number of hydrogen-bond acceptors (Lipinski definition) is 2. The molecular weight excluding hydrogens is 219 g/mol. The Balaban J connectivity index is 2.87. The summed E-state index contributed by atoms with van der Waals surface area (Å²) in [5, 5.41) is 9.62. The van der Waals surface area contributed by atoms with Crippen molar-refractivity contribution in [1.82, 2.24) is 0 Å². The zero-order valence-corrected chi connectivity index (χ0v) is 9.35. The number of aliphatic hydroxyl groups is 1. The Morgan fingerprint density at radius 1 is 1.50 bits per heavy atom. The summed E-state index contributed by atoms with van der Waals surface area (Å²) in [6.07, 6.45) is -0.641. The van der Waals surface area contributed by atoms with Gasteiger partial charge in [0.1, 0.15) is 0 Å². The van der Waals surface area contributed by atoms with Crippen LogP contribution in [0.1, 0.15) is 32.6 Å². The molecule has 0 aliphatic heterocycles. The molecule has 16 heavy (non-hydrogen) atoms. The van der Waals surface area contributed by atoms with Gasteiger partial charge in [0.05, 0.1) is 0 Å². The van der Waals surface area contributed by atoms with Gasteiger partial charge in [-0.05, 0) is 30.8 Å². The summed E-state index contributed by atoms with van der Waals surface area (Å²) in [5.41, 5.74) is 2.29. The lowest BCUT2D eigenvalue weighted by Gasteiger charge is -2.34. The highest BCUT2D eigenvalue weighted by molar-refractivity contribution is 5.22. The van der Waals surface area contributed by atoms with Crippen LogP contribution in [0.3, 0.4) is 0 Å². The first-order chi connectivity index (χ1) is 7.35. The molecule has 0 saturated carbocycles. The van der Waals surface area contributed by atoms with Gasteiger partial charge >= 0.3 is 6.18 Å². The van der Waals surface area contributed by atoms with Crippen molar-refractivity contribution >= 4 is 0 Å². The van der Waals surface area contributed by atoms with Gasteiger partial charge in [0.15, 0.2) is 5.60 Å². The van der Waals surface area contributed by atoms with Crippen LogP contribution in [0.2, 0.25) is 0 Å². The Hall–Kier alpha value is -0.550. The third-order valence-electron chi connectivity index (χ3n) is 3.39. The van der Waals surface area contributed by atoms with Crippen molar-refractivity contribution in [3.63, 3.8) is 0 Å². The van der Waals surface area contributed by atoms with Gasteiger partial charge in [-0.2, -0.15) is 13.2 Å². The first kappa shape index (κ1) is 13.5. The van der Waals surface area contributed by atoms with E-state index in [1.165, 1.54) is 6.08 Å². The number of alkyl halides is 3. The number of allylic oxidation sites excluding steroid dienone is 1. The quantitative estimate of drug-likeness (QED) is 0.740. The average molecular weight is 237 g/mol. The fraction of sp³-hybridized carbons (Fsp3) is 0.818. The van der Waals surface area contributed by atoms with Crippen molar-refractivity contribution in [1.29, 1.82) is 0 Å². The van der Waals surface area contributed by atoms with Crippen LogP contribution in [-0.2, 0) is 0 Å². The van der Waals surface area contributed by atoms with E-state index in [1.54, 1.807) is 0 Å². The Kier molecular flexibility index (Phi) is 4.02. The molecule has 1 rings (SSSR count). The Bertz CT molecular complexity index is 275. The second-order valence-electron chi connectivity index (χ2n) is 4.34. The SMILES string of the molecule is CCC1CC=C(C(O)(CN)C(F)(F)F)CC1. The Morgan fingerprint density at radius 3 is 2.44 bits per heavy atom. The molecule has 94 valence electrons. The van der Waals surface area contributed by atoms with E-state index in [0.717, 1.165) is 6.42 Å². The first-order valence-corrected chi connectivity index (χ1v) is 5.53. The zero-order valence-electron chi connectivity index (χ0n) is 9.35. The van der Waals surface area contributed by atoms with Crippen LogP contribution >= 0.6 is 0 Å².